The lowest BCUT2D eigenvalue weighted by molar-refractivity contribution is 0.0600. The molecule has 0 bridgehead atoms. The highest BCUT2D eigenvalue weighted by atomic mass is 16.5. The zero-order valence-corrected chi connectivity index (χ0v) is 14.2. The molecular weight excluding hydrogens is 328 g/mol. The van der Waals surface area contributed by atoms with E-state index in [-0.39, 0.29) is 6.03 Å². The monoisotopic (exact) mass is 346 g/mol. The first-order valence-electron chi connectivity index (χ1n) is 8.07. The zero-order chi connectivity index (χ0) is 18.4. The van der Waals surface area contributed by atoms with Gasteiger partial charge in [0.15, 0.2) is 0 Å². The van der Waals surface area contributed by atoms with Crippen LogP contribution in [0.5, 0.6) is 0 Å². The van der Waals surface area contributed by atoms with Crippen LogP contribution in [-0.4, -0.2) is 19.1 Å². The molecule has 0 aliphatic rings. The molecule has 0 saturated heterocycles. The largest absolute Gasteiger partial charge is 0.465 e. The fourth-order valence-electron chi connectivity index (χ4n) is 2.51. The van der Waals surface area contributed by atoms with Crippen molar-refractivity contribution in [3.63, 3.8) is 0 Å². The number of carbonyl (C=O) groups excluding carboxylic acids is 2. The lowest BCUT2D eigenvalue weighted by Gasteiger charge is -2.09. The highest BCUT2D eigenvalue weighted by Crippen LogP contribution is 2.21. The van der Waals surface area contributed by atoms with Crippen LogP contribution in [0.1, 0.15) is 10.4 Å². The number of nitrogens with one attached hydrogen (secondary N) is 2. The van der Waals surface area contributed by atoms with Crippen molar-refractivity contribution in [2.45, 2.75) is 0 Å². The first-order chi connectivity index (χ1) is 12.7. The van der Waals surface area contributed by atoms with Crippen molar-refractivity contribution in [2.75, 3.05) is 17.7 Å². The molecule has 3 rings (SSSR count). The Labute approximate surface area is 151 Å². The normalized spacial score (nSPS) is 10.0. The molecule has 5 heteroatoms. The minimum Gasteiger partial charge on any atom is -0.465 e. The summed E-state index contributed by atoms with van der Waals surface area (Å²) >= 11 is 0. The molecule has 2 amide bonds. The number of esters is 1. The highest BCUT2D eigenvalue weighted by molar-refractivity contribution is 6.00. The Morgan fingerprint density at radius 1 is 0.731 bits per heavy atom. The van der Waals surface area contributed by atoms with Gasteiger partial charge in [-0.2, -0.15) is 0 Å². The van der Waals surface area contributed by atoms with Crippen LogP contribution < -0.4 is 10.6 Å². The van der Waals surface area contributed by atoms with Crippen LogP contribution in [0, 0.1) is 0 Å². The number of carbonyl (C=O) groups is 2. The maximum Gasteiger partial charge on any atom is 0.337 e. The Bertz CT molecular complexity index is 906. The first-order valence-corrected chi connectivity index (χ1v) is 8.07. The maximum atomic E-state index is 12.1. The van der Waals surface area contributed by atoms with E-state index in [2.05, 4.69) is 15.4 Å². The van der Waals surface area contributed by atoms with E-state index in [0.29, 0.717) is 16.9 Å². The Morgan fingerprint density at radius 3 is 2.08 bits per heavy atom. The Hall–Kier alpha value is -3.60. The fourth-order valence-corrected chi connectivity index (χ4v) is 2.51. The van der Waals surface area contributed by atoms with E-state index >= 15 is 0 Å². The van der Waals surface area contributed by atoms with Gasteiger partial charge in [0.25, 0.3) is 0 Å². The lowest BCUT2D eigenvalue weighted by Crippen LogP contribution is -2.19. The van der Waals surface area contributed by atoms with E-state index < -0.39 is 5.97 Å². The first kappa shape index (κ1) is 17.2. The number of amides is 2. The number of methoxy groups -OCH3 is 1. The lowest BCUT2D eigenvalue weighted by atomic mass is 10.1. The van der Waals surface area contributed by atoms with Crippen molar-refractivity contribution in [2.24, 2.45) is 0 Å². The average Bonchev–Trinajstić information content (AvgIpc) is 2.68. The predicted molar refractivity (Wildman–Crippen MR) is 102 cm³/mol. The second-order valence-corrected chi connectivity index (χ2v) is 5.59. The summed E-state index contributed by atoms with van der Waals surface area (Å²) in [6.07, 6.45) is 0. The molecule has 0 radical (unpaired) electrons. The van der Waals surface area contributed by atoms with Crippen molar-refractivity contribution in [3.8, 4) is 11.1 Å². The molecule has 0 fully saturated rings. The molecule has 0 unspecified atom stereocenters. The molecular formula is C21H18N2O3. The molecule has 0 saturated carbocycles. The van der Waals surface area contributed by atoms with Crippen molar-refractivity contribution in [1.82, 2.24) is 0 Å². The van der Waals surface area contributed by atoms with Gasteiger partial charge in [-0.3, -0.25) is 0 Å². The van der Waals surface area contributed by atoms with E-state index in [0.717, 1.165) is 11.1 Å². The van der Waals surface area contributed by atoms with E-state index in [1.807, 2.05) is 54.6 Å². The van der Waals surface area contributed by atoms with Crippen LogP contribution in [-0.2, 0) is 4.74 Å². The molecule has 0 atom stereocenters. The molecule has 0 aliphatic heterocycles. The molecule has 0 aromatic heterocycles. The van der Waals surface area contributed by atoms with Gasteiger partial charge in [-0.05, 0) is 41.5 Å². The van der Waals surface area contributed by atoms with Crippen molar-refractivity contribution < 1.29 is 14.3 Å². The number of rotatable bonds is 4. The second-order valence-electron chi connectivity index (χ2n) is 5.59. The summed E-state index contributed by atoms with van der Waals surface area (Å²) < 4.78 is 4.67. The molecule has 3 aromatic carbocycles. The number of ether oxygens (including phenoxy) is 1. The van der Waals surface area contributed by atoms with Crippen molar-refractivity contribution >= 4 is 23.4 Å². The number of anilines is 2. The summed E-state index contributed by atoms with van der Waals surface area (Å²) in [5.41, 5.74) is 3.74. The summed E-state index contributed by atoms with van der Waals surface area (Å²) in [5, 5.41) is 5.46. The van der Waals surface area contributed by atoms with Gasteiger partial charge in [-0.1, -0.05) is 48.5 Å². The topological polar surface area (TPSA) is 67.4 Å². The molecule has 0 spiro atoms. The number of hydrogen-bond donors (Lipinski definition) is 2. The Kier molecular flexibility index (Phi) is 5.29. The summed E-state index contributed by atoms with van der Waals surface area (Å²) in [7, 11) is 1.31. The van der Waals surface area contributed by atoms with Crippen LogP contribution in [0.3, 0.4) is 0 Å². The van der Waals surface area contributed by atoms with Crippen LogP contribution in [0.25, 0.3) is 11.1 Å². The number of urea groups is 1. The van der Waals surface area contributed by atoms with Gasteiger partial charge in [0, 0.05) is 11.4 Å². The molecule has 2 N–H and O–H groups in total. The van der Waals surface area contributed by atoms with Crippen molar-refractivity contribution in [3.05, 3.63) is 84.4 Å². The van der Waals surface area contributed by atoms with Gasteiger partial charge in [0.05, 0.1) is 12.7 Å². The third-order valence-electron chi connectivity index (χ3n) is 3.79. The minimum absolute atomic E-state index is 0.373. The van der Waals surface area contributed by atoms with E-state index in [4.69, 9.17) is 0 Å². The third kappa shape index (κ3) is 4.27. The highest BCUT2D eigenvalue weighted by Gasteiger charge is 2.08. The molecule has 5 nitrogen and oxygen atoms in total. The minimum atomic E-state index is -0.453. The summed E-state index contributed by atoms with van der Waals surface area (Å²) in [5.74, 6) is -0.453. The molecule has 130 valence electrons. The van der Waals surface area contributed by atoms with Gasteiger partial charge >= 0.3 is 12.0 Å². The predicted octanol–water partition coefficient (Wildman–Crippen LogP) is 4.78. The van der Waals surface area contributed by atoms with Gasteiger partial charge in [0.1, 0.15) is 0 Å². The van der Waals surface area contributed by atoms with Gasteiger partial charge in [0.2, 0.25) is 0 Å². The molecule has 0 aliphatic carbocycles. The molecule has 26 heavy (non-hydrogen) atoms. The van der Waals surface area contributed by atoms with Gasteiger partial charge in [-0.15, -0.1) is 0 Å². The molecule has 3 aromatic rings. The van der Waals surface area contributed by atoms with Gasteiger partial charge < -0.3 is 15.4 Å². The van der Waals surface area contributed by atoms with Crippen LogP contribution in [0.15, 0.2) is 78.9 Å². The second kappa shape index (κ2) is 7.98. The SMILES string of the molecule is COC(=O)c1cccc(NC(=O)Nc2ccc(-c3ccccc3)cc2)c1. The zero-order valence-electron chi connectivity index (χ0n) is 14.2. The van der Waals surface area contributed by atoms with E-state index in [1.165, 1.54) is 7.11 Å². The quantitative estimate of drug-likeness (QED) is 0.668. The van der Waals surface area contributed by atoms with E-state index in [1.54, 1.807) is 24.3 Å². The van der Waals surface area contributed by atoms with Crippen molar-refractivity contribution in [1.29, 1.82) is 0 Å². The fraction of sp³-hybridized carbons (Fsp3) is 0.0476. The van der Waals surface area contributed by atoms with Crippen LogP contribution in [0.2, 0.25) is 0 Å². The molecule has 0 heterocycles. The van der Waals surface area contributed by atoms with E-state index in [9.17, 15) is 9.59 Å². The maximum absolute atomic E-state index is 12.1. The Morgan fingerprint density at radius 2 is 1.38 bits per heavy atom. The van der Waals surface area contributed by atoms with Gasteiger partial charge in [-0.25, -0.2) is 9.59 Å². The summed E-state index contributed by atoms with van der Waals surface area (Å²) in [6.45, 7) is 0. The summed E-state index contributed by atoms with van der Waals surface area (Å²) in [4.78, 5) is 23.7. The number of benzene rings is 3. The number of hydrogen-bond acceptors (Lipinski definition) is 3. The smallest absolute Gasteiger partial charge is 0.337 e. The average molecular weight is 346 g/mol. The standard InChI is InChI=1S/C21H18N2O3/c1-26-20(24)17-8-5-9-19(14-17)23-21(25)22-18-12-10-16(11-13-18)15-6-3-2-4-7-15/h2-14H,1H3,(H2,22,23,25). The summed E-state index contributed by atoms with van der Waals surface area (Å²) in [6, 6.07) is 23.7. The van der Waals surface area contributed by atoms with Crippen LogP contribution in [0.4, 0.5) is 16.2 Å². The third-order valence-corrected chi connectivity index (χ3v) is 3.79. The Balaban J connectivity index is 1.64. The van der Waals surface area contributed by atoms with Crippen LogP contribution >= 0.6 is 0 Å².